The summed E-state index contributed by atoms with van der Waals surface area (Å²) in [6, 6.07) is 4.54. The highest BCUT2D eigenvalue weighted by Gasteiger charge is 2.36. The van der Waals surface area contributed by atoms with Gasteiger partial charge in [-0.3, -0.25) is 4.79 Å². The maximum absolute atomic E-state index is 14.3. The topological polar surface area (TPSA) is 46.6 Å². The molecule has 1 aliphatic heterocycles. The Labute approximate surface area is 135 Å². The second-order valence-corrected chi connectivity index (χ2v) is 5.54. The number of hydrogen-bond acceptors (Lipinski definition) is 3. The van der Waals surface area contributed by atoms with Crippen molar-refractivity contribution in [2.45, 2.75) is 33.6 Å². The Morgan fingerprint density at radius 2 is 2.00 bits per heavy atom. The van der Waals surface area contributed by atoms with E-state index in [0.717, 1.165) is 18.9 Å². The molecule has 5 heteroatoms. The Hall–Kier alpha value is -2.17. The average molecular weight is 319 g/mol. The van der Waals surface area contributed by atoms with Gasteiger partial charge in [-0.15, -0.1) is 0 Å². The van der Waals surface area contributed by atoms with Crippen LogP contribution in [-0.2, 0) is 14.3 Å². The van der Waals surface area contributed by atoms with Gasteiger partial charge in [0.05, 0.1) is 17.9 Å². The number of ether oxygens (including phenoxy) is 1. The number of fused-ring (bicyclic) bond motifs is 1. The molecular formula is C18H22FNO3. The zero-order valence-corrected chi connectivity index (χ0v) is 13.8. The van der Waals surface area contributed by atoms with Crippen molar-refractivity contribution in [2.75, 3.05) is 18.1 Å². The third kappa shape index (κ3) is 3.44. The van der Waals surface area contributed by atoms with Crippen molar-refractivity contribution in [2.24, 2.45) is 5.92 Å². The van der Waals surface area contributed by atoms with Gasteiger partial charge in [-0.05, 0) is 18.9 Å². The number of esters is 1. The summed E-state index contributed by atoms with van der Waals surface area (Å²) in [4.78, 5) is 25.9. The molecule has 0 spiro atoms. The molecule has 0 fully saturated rings. The van der Waals surface area contributed by atoms with Gasteiger partial charge in [-0.2, -0.15) is 0 Å². The van der Waals surface area contributed by atoms with Crippen LogP contribution in [0.3, 0.4) is 0 Å². The second kappa shape index (κ2) is 7.40. The number of anilines is 1. The molecular weight excluding hydrogens is 297 g/mol. The average Bonchev–Trinajstić information content (AvgIpc) is 2.79. The fourth-order valence-electron chi connectivity index (χ4n) is 2.79. The predicted octanol–water partition coefficient (Wildman–Crippen LogP) is 3.56. The van der Waals surface area contributed by atoms with Gasteiger partial charge in [0.1, 0.15) is 5.82 Å². The molecule has 0 N–H and O–H groups in total. The first-order valence-electron chi connectivity index (χ1n) is 8.02. The largest absolute Gasteiger partial charge is 0.463 e. The van der Waals surface area contributed by atoms with Crippen molar-refractivity contribution >= 4 is 23.1 Å². The van der Waals surface area contributed by atoms with E-state index in [2.05, 4.69) is 0 Å². The van der Waals surface area contributed by atoms with E-state index in [-0.39, 0.29) is 29.7 Å². The van der Waals surface area contributed by atoms with Gasteiger partial charge < -0.3 is 9.64 Å². The molecule has 0 radical (unpaired) electrons. The molecule has 1 aromatic rings. The quantitative estimate of drug-likeness (QED) is 0.595. The Bertz CT molecular complexity index is 635. The van der Waals surface area contributed by atoms with E-state index in [1.54, 1.807) is 19.1 Å². The normalized spacial score (nSPS) is 15.4. The summed E-state index contributed by atoms with van der Waals surface area (Å²) in [5, 5.41) is 0. The van der Waals surface area contributed by atoms with Gasteiger partial charge in [0.15, 0.2) is 0 Å². The van der Waals surface area contributed by atoms with Crippen molar-refractivity contribution in [3.63, 3.8) is 0 Å². The first-order valence-corrected chi connectivity index (χ1v) is 8.02. The number of amides is 1. The van der Waals surface area contributed by atoms with E-state index in [0.29, 0.717) is 12.1 Å². The second-order valence-electron chi connectivity index (χ2n) is 5.54. The smallest absolute Gasteiger partial charge is 0.331 e. The van der Waals surface area contributed by atoms with Crippen LogP contribution in [0.25, 0.3) is 5.57 Å². The summed E-state index contributed by atoms with van der Waals surface area (Å²) in [5.74, 6) is -1.09. The van der Waals surface area contributed by atoms with E-state index < -0.39 is 11.8 Å². The van der Waals surface area contributed by atoms with Crippen LogP contribution in [0.1, 0.15) is 39.2 Å². The molecule has 0 aromatic heterocycles. The van der Waals surface area contributed by atoms with Gasteiger partial charge in [0.25, 0.3) is 5.91 Å². The van der Waals surface area contributed by atoms with Crippen molar-refractivity contribution < 1.29 is 18.7 Å². The molecule has 0 bridgehead atoms. The van der Waals surface area contributed by atoms with Crippen LogP contribution in [0.2, 0.25) is 0 Å². The highest BCUT2D eigenvalue weighted by molar-refractivity contribution is 6.34. The van der Waals surface area contributed by atoms with E-state index in [1.807, 2.05) is 13.8 Å². The molecule has 0 unspecified atom stereocenters. The minimum absolute atomic E-state index is 0.198. The van der Waals surface area contributed by atoms with Crippen LogP contribution >= 0.6 is 0 Å². The lowest BCUT2D eigenvalue weighted by atomic mass is 10.0. The lowest BCUT2D eigenvalue weighted by Crippen LogP contribution is -2.32. The molecule has 1 amide bonds. The zero-order valence-electron chi connectivity index (χ0n) is 13.8. The Morgan fingerprint density at radius 1 is 1.30 bits per heavy atom. The zero-order chi connectivity index (χ0) is 17.0. The maximum atomic E-state index is 14.3. The number of rotatable bonds is 6. The van der Waals surface area contributed by atoms with Crippen LogP contribution < -0.4 is 4.90 Å². The Balaban J connectivity index is 2.45. The number of carbonyl (C=O) groups is 2. The summed E-state index contributed by atoms with van der Waals surface area (Å²) >= 11 is 0. The number of hydrogen-bond donors (Lipinski definition) is 0. The number of halogens is 1. The van der Waals surface area contributed by atoms with Crippen molar-refractivity contribution in [1.82, 2.24) is 0 Å². The molecule has 23 heavy (non-hydrogen) atoms. The monoisotopic (exact) mass is 319 g/mol. The number of carbonyl (C=O) groups excluding carboxylic acids is 2. The van der Waals surface area contributed by atoms with Crippen LogP contribution in [0, 0.1) is 11.7 Å². The van der Waals surface area contributed by atoms with Gasteiger partial charge in [-0.25, -0.2) is 9.18 Å². The maximum Gasteiger partial charge on any atom is 0.331 e. The molecule has 1 heterocycles. The Morgan fingerprint density at radius 3 is 2.61 bits per heavy atom. The third-order valence-electron chi connectivity index (χ3n) is 4.17. The molecule has 0 aliphatic carbocycles. The summed E-state index contributed by atoms with van der Waals surface area (Å²) in [6.07, 6.45) is 2.97. The standard InChI is InChI=1S/C18H22FNO3/c1-4-12(5-2)11-20-17-13(8-7-9-15(17)19)14(18(20)22)10-16(21)23-6-3/h7-10,12H,4-6,11H2,1-3H3/b14-10+. The number of para-hydroxylation sites is 1. The first kappa shape index (κ1) is 17.2. The summed E-state index contributed by atoms with van der Waals surface area (Å²) in [5.41, 5.74) is 0.915. The molecule has 4 nitrogen and oxygen atoms in total. The number of benzene rings is 1. The van der Waals surface area contributed by atoms with Crippen LogP contribution in [0.4, 0.5) is 10.1 Å². The lowest BCUT2D eigenvalue weighted by Gasteiger charge is -2.22. The summed E-state index contributed by atoms with van der Waals surface area (Å²) in [7, 11) is 0. The van der Waals surface area contributed by atoms with Crippen molar-refractivity contribution in [3.8, 4) is 0 Å². The fourth-order valence-corrected chi connectivity index (χ4v) is 2.79. The molecule has 1 aliphatic rings. The lowest BCUT2D eigenvalue weighted by molar-refractivity contribution is -0.137. The highest BCUT2D eigenvalue weighted by Crippen LogP contribution is 2.39. The van der Waals surface area contributed by atoms with Gasteiger partial charge in [-0.1, -0.05) is 38.8 Å². The van der Waals surface area contributed by atoms with Gasteiger partial charge in [0, 0.05) is 18.2 Å². The summed E-state index contributed by atoms with van der Waals surface area (Å²) < 4.78 is 19.2. The fraction of sp³-hybridized carbons (Fsp3) is 0.444. The molecule has 0 saturated heterocycles. The van der Waals surface area contributed by atoms with Crippen LogP contribution in [0.5, 0.6) is 0 Å². The molecule has 2 rings (SSSR count). The van der Waals surface area contributed by atoms with Crippen molar-refractivity contribution in [3.05, 3.63) is 35.7 Å². The van der Waals surface area contributed by atoms with Crippen molar-refractivity contribution in [1.29, 1.82) is 0 Å². The molecule has 124 valence electrons. The van der Waals surface area contributed by atoms with Gasteiger partial charge in [0.2, 0.25) is 0 Å². The van der Waals surface area contributed by atoms with E-state index in [9.17, 15) is 14.0 Å². The SMILES string of the molecule is CCOC(=O)/C=C1/C(=O)N(CC(CC)CC)c2c(F)cccc21. The minimum Gasteiger partial charge on any atom is -0.463 e. The Kier molecular flexibility index (Phi) is 5.53. The van der Waals surface area contributed by atoms with Crippen LogP contribution in [-0.4, -0.2) is 25.0 Å². The van der Waals surface area contributed by atoms with Gasteiger partial charge >= 0.3 is 5.97 Å². The van der Waals surface area contributed by atoms with E-state index in [1.165, 1.54) is 11.0 Å². The molecule has 0 atom stereocenters. The third-order valence-corrected chi connectivity index (χ3v) is 4.17. The predicted molar refractivity (Wildman–Crippen MR) is 87.4 cm³/mol. The number of nitrogens with zero attached hydrogens (tertiary/aromatic N) is 1. The minimum atomic E-state index is -0.588. The van der Waals surface area contributed by atoms with Crippen LogP contribution in [0.15, 0.2) is 24.3 Å². The first-order chi connectivity index (χ1) is 11.0. The molecule has 1 aromatic carbocycles. The van der Waals surface area contributed by atoms with E-state index in [4.69, 9.17) is 4.74 Å². The highest BCUT2D eigenvalue weighted by atomic mass is 19.1. The molecule has 0 saturated carbocycles. The van der Waals surface area contributed by atoms with E-state index >= 15 is 0 Å². The summed E-state index contributed by atoms with van der Waals surface area (Å²) in [6.45, 7) is 6.46.